The minimum absolute atomic E-state index is 0.764. The van der Waals surface area contributed by atoms with Gasteiger partial charge in [0.15, 0.2) is 0 Å². The molecule has 0 saturated heterocycles. The van der Waals surface area contributed by atoms with Gasteiger partial charge in [-0.15, -0.1) is 0 Å². The maximum Gasteiger partial charge on any atom is 0.119 e. The van der Waals surface area contributed by atoms with E-state index in [4.69, 9.17) is 4.74 Å². The fourth-order valence-corrected chi connectivity index (χ4v) is 1.91. The Morgan fingerprint density at radius 2 is 1.95 bits per heavy atom. The Morgan fingerprint density at radius 3 is 2.53 bits per heavy atom. The fraction of sp³-hybridized carbons (Fsp3) is 0.400. The second-order valence-corrected chi connectivity index (χ2v) is 4.64. The van der Waals surface area contributed by atoms with Crippen molar-refractivity contribution in [1.29, 1.82) is 0 Å². The Balaban J connectivity index is 1.93. The summed E-state index contributed by atoms with van der Waals surface area (Å²) >= 11 is 0. The molecule has 0 unspecified atom stereocenters. The smallest absolute Gasteiger partial charge is 0.119 e. The van der Waals surface area contributed by atoms with E-state index in [9.17, 15) is 0 Å². The van der Waals surface area contributed by atoms with Gasteiger partial charge in [-0.05, 0) is 44.5 Å². The zero-order valence-electron chi connectivity index (χ0n) is 11.8. The van der Waals surface area contributed by atoms with E-state index < -0.39 is 0 Å². The summed E-state index contributed by atoms with van der Waals surface area (Å²) in [4.78, 5) is 0. The van der Waals surface area contributed by atoms with Crippen LogP contribution in [0.25, 0.3) is 0 Å². The minimum atomic E-state index is 0.764. The number of aromatic nitrogens is 2. The van der Waals surface area contributed by atoms with Crippen molar-refractivity contribution >= 4 is 5.69 Å². The van der Waals surface area contributed by atoms with Crippen molar-refractivity contribution in [2.24, 2.45) is 0 Å². The SMILES string of the molecule is CCCOc1ccc(NCc2c(C)n[nH]c2C)cc1. The summed E-state index contributed by atoms with van der Waals surface area (Å²) in [5.74, 6) is 0.920. The summed E-state index contributed by atoms with van der Waals surface area (Å²) in [5.41, 5.74) is 4.48. The second kappa shape index (κ2) is 6.27. The van der Waals surface area contributed by atoms with E-state index in [-0.39, 0.29) is 0 Å². The Morgan fingerprint density at radius 1 is 1.21 bits per heavy atom. The molecule has 4 nitrogen and oxygen atoms in total. The van der Waals surface area contributed by atoms with E-state index in [2.05, 4.69) is 22.4 Å². The Labute approximate surface area is 114 Å². The molecule has 2 N–H and O–H groups in total. The van der Waals surface area contributed by atoms with Gasteiger partial charge in [0.25, 0.3) is 0 Å². The lowest BCUT2D eigenvalue weighted by atomic mass is 10.2. The van der Waals surface area contributed by atoms with E-state index in [0.29, 0.717) is 0 Å². The van der Waals surface area contributed by atoms with Gasteiger partial charge in [-0.1, -0.05) is 6.92 Å². The van der Waals surface area contributed by atoms with E-state index in [0.717, 1.165) is 42.4 Å². The zero-order valence-corrected chi connectivity index (χ0v) is 11.8. The van der Waals surface area contributed by atoms with E-state index >= 15 is 0 Å². The fourth-order valence-electron chi connectivity index (χ4n) is 1.91. The molecule has 0 aliphatic heterocycles. The van der Waals surface area contributed by atoms with Crippen LogP contribution in [0.5, 0.6) is 5.75 Å². The summed E-state index contributed by atoms with van der Waals surface area (Å²) < 4.78 is 5.56. The number of hydrogen-bond donors (Lipinski definition) is 2. The van der Waals surface area contributed by atoms with Crippen molar-refractivity contribution in [2.75, 3.05) is 11.9 Å². The van der Waals surface area contributed by atoms with Gasteiger partial charge in [-0.25, -0.2) is 0 Å². The maximum atomic E-state index is 5.56. The third kappa shape index (κ3) is 3.50. The molecular formula is C15H21N3O. The number of ether oxygens (including phenoxy) is 1. The summed E-state index contributed by atoms with van der Waals surface area (Å²) in [5, 5.41) is 10.6. The quantitative estimate of drug-likeness (QED) is 0.835. The minimum Gasteiger partial charge on any atom is -0.494 e. The number of hydrogen-bond acceptors (Lipinski definition) is 3. The van der Waals surface area contributed by atoms with Gasteiger partial charge in [0, 0.05) is 23.5 Å². The molecule has 1 aromatic heterocycles. The highest BCUT2D eigenvalue weighted by atomic mass is 16.5. The van der Waals surface area contributed by atoms with Crippen LogP contribution < -0.4 is 10.1 Å². The van der Waals surface area contributed by atoms with Crippen LogP contribution in [0.2, 0.25) is 0 Å². The predicted molar refractivity (Wildman–Crippen MR) is 77.6 cm³/mol. The molecule has 2 rings (SSSR count). The number of nitrogens with one attached hydrogen (secondary N) is 2. The van der Waals surface area contributed by atoms with Crippen molar-refractivity contribution in [3.8, 4) is 5.75 Å². The molecule has 0 aliphatic rings. The van der Waals surface area contributed by atoms with Crippen molar-refractivity contribution in [3.05, 3.63) is 41.2 Å². The van der Waals surface area contributed by atoms with Crippen molar-refractivity contribution in [3.63, 3.8) is 0 Å². The molecule has 0 radical (unpaired) electrons. The molecule has 1 heterocycles. The number of benzene rings is 1. The van der Waals surface area contributed by atoms with Gasteiger partial charge in [-0.3, -0.25) is 5.10 Å². The van der Waals surface area contributed by atoms with Crippen LogP contribution >= 0.6 is 0 Å². The van der Waals surface area contributed by atoms with Crippen LogP contribution in [0.15, 0.2) is 24.3 Å². The summed E-state index contributed by atoms with van der Waals surface area (Å²) in [6, 6.07) is 8.06. The number of aryl methyl sites for hydroxylation is 2. The molecule has 0 fully saturated rings. The molecule has 0 bridgehead atoms. The molecule has 0 atom stereocenters. The van der Waals surface area contributed by atoms with Crippen molar-refractivity contribution in [1.82, 2.24) is 10.2 Å². The van der Waals surface area contributed by atoms with Gasteiger partial charge < -0.3 is 10.1 Å². The van der Waals surface area contributed by atoms with E-state index in [1.54, 1.807) is 0 Å². The highest BCUT2D eigenvalue weighted by Gasteiger charge is 2.05. The first kappa shape index (κ1) is 13.5. The monoisotopic (exact) mass is 259 g/mol. The molecule has 102 valence electrons. The predicted octanol–water partition coefficient (Wildman–Crippen LogP) is 3.43. The van der Waals surface area contributed by atoms with Gasteiger partial charge in [0.1, 0.15) is 5.75 Å². The standard InChI is InChI=1S/C15H21N3O/c1-4-9-19-14-7-5-13(6-8-14)16-10-15-11(2)17-18-12(15)3/h5-8,16H,4,9-10H2,1-3H3,(H,17,18). The molecule has 4 heteroatoms. The lowest BCUT2D eigenvalue weighted by molar-refractivity contribution is 0.317. The van der Waals surface area contributed by atoms with Crippen molar-refractivity contribution in [2.45, 2.75) is 33.7 Å². The zero-order chi connectivity index (χ0) is 13.7. The van der Waals surface area contributed by atoms with E-state index in [1.165, 1.54) is 5.56 Å². The van der Waals surface area contributed by atoms with Crippen LogP contribution in [0.1, 0.15) is 30.3 Å². The molecule has 0 aliphatic carbocycles. The van der Waals surface area contributed by atoms with Gasteiger partial charge in [0.2, 0.25) is 0 Å². The molecular weight excluding hydrogens is 238 g/mol. The third-order valence-corrected chi connectivity index (χ3v) is 3.08. The highest BCUT2D eigenvalue weighted by molar-refractivity contribution is 5.47. The van der Waals surface area contributed by atoms with Crippen LogP contribution in [0.4, 0.5) is 5.69 Å². The Hall–Kier alpha value is -1.97. The Bertz CT molecular complexity index is 497. The van der Waals surface area contributed by atoms with Crippen LogP contribution in [0.3, 0.4) is 0 Å². The number of rotatable bonds is 6. The van der Waals surface area contributed by atoms with Gasteiger partial charge in [0.05, 0.1) is 12.3 Å². The number of H-pyrrole nitrogens is 1. The largest absolute Gasteiger partial charge is 0.494 e. The summed E-state index contributed by atoms with van der Waals surface area (Å²) in [6.07, 6.45) is 1.03. The second-order valence-electron chi connectivity index (χ2n) is 4.64. The lowest BCUT2D eigenvalue weighted by Crippen LogP contribution is -2.01. The van der Waals surface area contributed by atoms with Crippen LogP contribution in [-0.2, 0) is 6.54 Å². The van der Waals surface area contributed by atoms with Crippen LogP contribution in [-0.4, -0.2) is 16.8 Å². The Kier molecular flexibility index (Phi) is 4.44. The first-order valence-corrected chi connectivity index (χ1v) is 6.68. The van der Waals surface area contributed by atoms with Crippen molar-refractivity contribution < 1.29 is 4.74 Å². The van der Waals surface area contributed by atoms with Gasteiger partial charge >= 0.3 is 0 Å². The van der Waals surface area contributed by atoms with E-state index in [1.807, 2.05) is 38.1 Å². The molecule has 2 aromatic rings. The third-order valence-electron chi connectivity index (χ3n) is 3.08. The summed E-state index contributed by atoms with van der Waals surface area (Å²) in [6.45, 7) is 7.70. The van der Waals surface area contributed by atoms with Crippen LogP contribution in [0, 0.1) is 13.8 Å². The normalized spacial score (nSPS) is 10.5. The first-order chi connectivity index (χ1) is 9.20. The topological polar surface area (TPSA) is 49.9 Å². The molecule has 0 amide bonds. The number of aromatic amines is 1. The molecule has 1 aromatic carbocycles. The lowest BCUT2D eigenvalue weighted by Gasteiger charge is -2.08. The maximum absolute atomic E-state index is 5.56. The average molecular weight is 259 g/mol. The average Bonchev–Trinajstić information content (AvgIpc) is 2.75. The number of anilines is 1. The molecule has 19 heavy (non-hydrogen) atoms. The highest BCUT2D eigenvalue weighted by Crippen LogP contribution is 2.17. The molecule has 0 saturated carbocycles. The number of nitrogens with zero attached hydrogens (tertiary/aromatic N) is 1. The molecule has 0 spiro atoms. The van der Waals surface area contributed by atoms with Gasteiger partial charge in [-0.2, -0.15) is 5.10 Å². The first-order valence-electron chi connectivity index (χ1n) is 6.68. The summed E-state index contributed by atoms with van der Waals surface area (Å²) in [7, 11) is 0.